The highest BCUT2D eigenvalue weighted by molar-refractivity contribution is 5.70. The second-order valence-corrected chi connectivity index (χ2v) is 12.6. The number of fused-ring (bicyclic) bond motifs is 2. The molecule has 0 saturated heterocycles. The molecule has 0 aromatic heterocycles. The quantitative estimate of drug-likeness (QED) is 0.145. The molecule has 5 atom stereocenters. The maximum atomic E-state index is 13.1. The zero-order valence-electron chi connectivity index (χ0n) is 31.7. The maximum Gasteiger partial charge on any atom is 0.303 e. The van der Waals surface area contributed by atoms with E-state index in [4.69, 9.17) is 52.1 Å². The number of carbonyl (C=O) groups is 2. The van der Waals surface area contributed by atoms with Crippen molar-refractivity contribution in [2.45, 2.75) is 50.6 Å². The largest absolute Gasteiger partial charge is 0.497 e. The van der Waals surface area contributed by atoms with Crippen molar-refractivity contribution >= 4 is 11.9 Å². The average molecular weight is 745 g/mol. The van der Waals surface area contributed by atoms with Crippen LogP contribution < -0.4 is 42.6 Å². The van der Waals surface area contributed by atoms with Gasteiger partial charge < -0.3 is 52.1 Å². The first-order valence-corrected chi connectivity index (χ1v) is 17.2. The number of rotatable bonds is 12. The van der Waals surface area contributed by atoms with Crippen LogP contribution in [0, 0.1) is 0 Å². The van der Waals surface area contributed by atoms with Crippen LogP contribution in [-0.2, 0) is 25.5 Å². The van der Waals surface area contributed by atoms with E-state index in [9.17, 15) is 9.59 Å². The van der Waals surface area contributed by atoms with Gasteiger partial charge in [-0.05, 0) is 29.8 Å². The second-order valence-electron chi connectivity index (χ2n) is 12.6. The van der Waals surface area contributed by atoms with E-state index in [1.54, 1.807) is 58.8 Å². The molecule has 2 aliphatic rings. The molecule has 4 aromatic carbocycles. The van der Waals surface area contributed by atoms with Crippen LogP contribution in [0.25, 0.3) is 0 Å². The van der Waals surface area contributed by atoms with Gasteiger partial charge in [0, 0.05) is 60.7 Å². The predicted molar refractivity (Wildman–Crippen MR) is 195 cm³/mol. The van der Waals surface area contributed by atoms with Gasteiger partial charge in [-0.2, -0.15) is 0 Å². The first-order valence-electron chi connectivity index (χ1n) is 17.2. The highest BCUT2D eigenvalue weighted by Crippen LogP contribution is 2.58. The molecule has 0 fully saturated rings. The Morgan fingerprint density at radius 2 is 1.17 bits per heavy atom. The topological polar surface area (TPSA) is 136 Å². The third kappa shape index (κ3) is 7.05. The summed E-state index contributed by atoms with van der Waals surface area (Å²) in [4.78, 5) is 25.6. The van der Waals surface area contributed by atoms with E-state index in [1.165, 1.54) is 35.2 Å². The molecule has 0 saturated carbocycles. The Morgan fingerprint density at radius 3 is 1.76 bits per heavy atom. The molecule has 0 radical (unpaired) electrons. The lowest BCUT2D eigenvalue weighted by atomic mass is 9.77. The Kier molecular flexibility index (Phi) is 11.2. The Labute approximate surface area is 313 Å². The van der Waals surface area contributed by atoms with E-state index in [0.29, 0.717) is 74.0 Å². The predicted octanol–water partition coefficient (Wildman–Crippen LogP) is 6.55. The van der Waals surface area contributed by atoms with Crippen LogP contribution in [0.3, 0.4) is 0 Å². The summed E-state index contributed by atoms with van der Waals surface area (Å²) < 4.78 is 66.2. The SMILES string of the molecule is COc1ccc([C@H]2Oc3c(c(OC)cc(OC)c3[C@H]3c4c(OC)cc(OC)cc4O[C@@H](c4ccc(OC)c(OC)c4)[C@@H]3OC(C)=O)C[C@H]2OC(C)=O)cc1. The van der Waals surface area contributed by atoms with Gasteiger partial charge in [-0.25, -0.2) is 0 Å². The summed E-state index contributed by atoms with van der Waals surface area (Å²) in [6.45, 7) is 2.69. The molecule has 13 heteroatoms. The first-order chi connectivity index (χ1) is 26.1. The van der Waals surface area contributed by atoms with Gasteiger partial charge in [0.2, 0.25) is 0 Å². The molecule has 0 bridgehead atoms. The molecule has 0 N–H and O–H groups in total. The number of carbonyl (C=O) groups excluding carboxylic acids is 2. The van der Waals surface area contributed by atoms with Crippen LogP contribution in [-0.4, -0.2) is 73.9 Å². The normalized spacial score (nSPS) is 19.8. The van der Waals surface area contributed by atoms with Crippen molar-refractivity contribution in [1.82, 2.24) is 0 Å². The lowest BCUT2D eigenvalue weighted by molar-refractivity contribution is -0.154. The molecular formula is C41H44O13. The summed E-state index contributed by atoms with van der Waals surface area (Å²) in [5.41, 5.74) is 3.06. The summed E-state index contributed by atoms with van der Waals surface area (Å²) in [5, 5.41) is 0. The molecule has 6 rings (SSSR count). The minimum absolute atomic E-state index is 0.221. The fraction of sp³-hybridized carbons (Fsp3) is 0.366. The molecule has 4 aromatic rings. The summed E-state index contributed by atoms with van der Waals surface area (Å²) >= 11 is 0. The molecule has 0 unspecified atom stereocenters. The van der Waals surface area contributed by atoms with Gasteiger partial charge in [-0.3, -0.25) is 9.59 Å². The van der Waals surface area contributed by atoms with Gasteiger partial charge in [0.05, 0.1) is 55.7 Å². The van der Waals surface area contributed by atoms with Crippen molar-refractivity contribution in [1.29, 1.82) is 0 Å². The van der Waals surface area contributed by atoms with Crippen molar-refractivity contribution in [3.05, 3.63) is 88.5 Å². The molecule has 54 heavy (non-hydrogen) atoms. The summed E-state index contributed by atoms with van der Waals surface area (Å²) in [7, 11) is 10.8. The molecule has 0 aliphatic carbocycles. The third-order valence-corrected chi connectivity index (χ3v) is 9.61. The van der Waals surface area contributed by atoms with Crippen LogP contribution in [0.4, 0.5) is 0 Å². The smallest absolute Gasteiger partial charge is 0.303 e. The minimum Gasteiger partial charge on any atom is -0.497 e. The molecule has 0 amide bonds. The summed E-state index contributed by atoms with van der Waals surface area (Å²) in [5.74, 6) is 2.26. The van der Waals surface area contributed by atoms with Crippen LogP contribution in [0.2, 0.25) is 0 Å². The fourth-order valence-electron chi connectivity index (χ4n) is 7.28. The van der Waals surface area contributed by atoms with Crippen LogP contribution in [0.5, 0.6) is 51.7 Å². The standard InChI is InChI=1S/C41H44O13/c1-21(42)51-34-19-27-29(47-6)20-32(50-9)36(40(27)54-38(34)23-10-13-25(44-3)14-11-23)37-35-31(49-8)17-26(45-4)18-33(35)53-39(41(37)52-22(2)43)24-12-15-28(46-5)30(16-24)48-7/h10-18,20,34,37-39,41H,19H2,1-9H3/t34-,37-,38-,39+,41-/m1/s1. The van der Waals surface area contributed by atoms with Crippen molar-refractivity contribution in [3.63, 3.8) is 0 Å². The molecule has 0 spiro atoms. The van der Waals surface area contributed by atoms with Crippen molar-refractivity contribution < 1.29 is 61.7 Å². The Morgan fingerprint density at radius 1 is 0.556 bits per heavy atom. The van der Waals surface area contributed by atoms with E-state index >= 15 is 0 Å². The highest BCUT2D eigenvalue weighted by Gasteiger charge is 2.49. The number of hydrogen-bond acceptors (Lipinski definition) is 13. The third-order valence-electron chi connectivity index (χ3n) is 9.61. The first kappa shape index (κ1) is 37.8. The summed E-state index contributed by atoms with van der Waals surface area (Å²) in [6, 6.07) is 17.9. The van der Waals surface area contributed by atoms with E-state index in [1.807, 2.05) is 30.3 Å². The second kappa shape index (κ2) is 15.9. The van der Waals surface area contributed by atoms with Crippen LogP contribution in [0.15, 0.2) is 60.7 Å². The Hall–Kier alpha value is -5.98. The molecule has 2 heterocycles. The van der Waals surface area contributed by atoms with Crippen LogP contribution in [0.1, 0.15) is 59.8 Å². The van der Waals surface area contributed by atoms with Crippen molar-refractivity contribution in [2.24, 2.45) is 0 Å². The number of ether oxygens (including phenoxy) is 11. The van der Waals surface area contributed by atoms with E-state index in [0.717, 1.165) is 5.56 Å². The number of benzene rings is 4. The Balaban J connectivity index is 1.67. The van der Waals surface area contributed by atoms with Gasteiger partial charge in [-0.15, -0.1) is 0 Å². The molecule has 2 aliphatic heterocycles. The minimum atomic E-state index is -1.03. The van der Waals surface area contributed by atoms with Gasteiger partial charge in [0.25, 0.3) is 0 Å². The zero-order chi connectivity index (χ0) is 38.7. The van der Waals surface area contributed by atoms with E-state index in [-0.39, 0.29) is 6.42 Å². The van der Waals surface area contributed by atoms with Crippen LogP contribution >= 0.6 is 0 Å². The number of methoxy groups -OCH3 is 7. The lowest BCUT2D eigenvalue weighted by Gasteiger charge is -2.42. The highest BCUT2D eigenvalue weighted by atomic mass is 16.6. The number of hydrogen-bond donors (Lipinski definition) is 0. The van der Waals surface area contributed by atoms with Gasteiger partial charge in [0.1, 0.15) is 46.4 Å². The van der Waals surface area contributed by atoms with Crippen molar-refractivity contribution in [3.8, 4) is 51.7 Å². The lowest BCUT2D eigenvalue weighted by Crippen LogP contribution is -2.40. The van der Waals surface area contributed by atoms with Gasteiger partial charge in [-0.1, -0.05) is 18.2 Å². The van der Waals surface area contributed by atoms with Gasteiger partial charge >= 0.3 is 11.9 Å². The number of esters is 2. The molecule has 286 valence electrons. The molecular weight excluding hydrogens is 700 g/mol. The monoisotopic (exact) mass is 744 g/mol. The van der Waals surface area contributed by atoms with E-state index in [2.05, 4.69) is 0 Å². The van der Waals surface area contributed by atoms with Crippen molar-refractivity contribution in [2.75, 3.05) is 49.8 Å². The maximum absolute atomic E-state index is 13.1. The molecule has 13 nitrogen and oxygen atoms in total. The average Bonchev–Trinajstić information content (AvgIpc) is 3.18. The fourth-order valence-corrected chi connectivity index (χ4v) is 7.28. The Bertz CT molecular complexity index is 2010. The van der Waals surface area contributed by atoms with E-state index < -0.39 is 42.3 Å². The zero-order valence-corrected chi connectivity index (χ0v) is 31.7. The summed E-state index contributed by atoms with van der Waals surface area (Å²) in [6.07, 6.45) is -3.22. The van der Waals surface area contributed by atoms with Gasteiger partial charge in [0.15, 0.2) is 29.8 Å².